The first kappa shape index (κ1) is 16.9. The Labute approximate surface area is 143 Å². The maximum Gasteiger partial charge on any atom is 0.316 e. The lowest BCUT2D eigenvalue weighted by Gasteiger charge is -2.06. The van der Waals surface area contributed by atoms with Gasteiger partial charge in [0.05, 0.1) is 10.0 Å². The Bertz CT molecular complexity index is 776. The van der Waals surface area contributed by atoms with E-state index in [-0.39, 0.29) is 5.91 Å². The zero-order valence-electron chi connectivity index (χ0n) is 11.8. The van der Waals surface area contributed by atoms with Crippen LogP contribution < -0.4 is 16.4 Å². The lowest BCUT2D eigenvalue weighted by molar-refractivity contribution is -0.111. The van der Waals surface area contributed by atoms with Crippen LogP contribution in [0.25, 0.3) is 6.08 Å². The van der Waals surface area contributed by atoms with Gasteiger partial charge in [0, 0.05) is 17.5 Å². The number of primary amides is 1. The van der Waals surface area contributed by atoms with Crippen LogP contribution in [0.4, 0.5) is 16.2 Å². The first-order valence-electron chi connectivity index (χ1n) is 6.54. The molecule has 2 aromatic rings. The summed E-state index contributed by atoms with van der Waals surface area (Å²) in [5.74, 6) is -0.327. The van der Waals surface area contributed by atoms with Crippen molar-refractivity contribution in [3.8, 4) is 0 Å². The van der Waals surface area contributed by atoms with Crippen molar-refractivity contribution in [3.63, 3.8) is 0 Å². The second-order valence-corrected chi connectivity index (χ2v) is 5.38. The predicted octanol–water partition coefficient (Wildman–Crippen LogP) is 4.14. The molecule has 0 aliphatic rings. The summed E-state index contributed by atoms with van der Waals surface area (Å²) < 4.78 is 0. The van der Waals surface area contributed by atoms with E-state index < -0.39 is 6.03 Å². The van der Waals surface area contributed by atoms with E-state index >= 15 is 0 Å². The molecule has 23 heavy (non-hydrogen) atoms. The molecule has 0 bridgehead atoms. The molecule has 0 unspecified atom stereocenters. The van der Waals surface area contributed by atoms with Gasteiger partial charge in [-0.05, 0) is 42.0 Å². The van der Waals surface area contributed by atoms with E-state index in [4.69, 9.17) is 28.9 Å². The smallest absolute Gasteiger partial charge is 0.316 e. The average Bonchev–Trinajstić information content (AvgIpc) is 2.48. The largest absolute Gasteiger partial charge is 0.351 e. The van der Waals surface area contributed by atoms with Crippen molar-refractivity contribution in [1.29, 1.82) is 0 Å². The molecule has 118 valence electrons. The van der Waals surface area contributed by atoms with Crippen LogP contribution in [0.1, 0.15) is 5.56 Å². The third kappa shape index (κ3) is 5.32. The fourth-order valence-electron chi connectivity index (χ4n) is 1.79. The first-order valence-corrected chi connectivity index (χ1v) is 7.30. The third-order valence-corrected chi connectivity index (χ3v) is 3.51. The number of hydrogen-bond acceptors (Lipinski definition) is 2. The number of benzene rings is 2. The molecular weight excluding hydrogens is 337 g/mol. The number of hydrogen-bond donors (Lipinski definition) is 3. The van der Waals surface area contributed by atoms with Gasteiger partial charge in [0.15, 0.2) is 0 Å². The third-order valence-electron chi connectivity index (χ3n) is 2.77. The molecule has 0 fully saturated rings. The number of nitrogens with two attached hydrogens (primary N) is 1. The first-order chi connectivity index (χ1) is 10.9. The summed E-state index contributed by atoms with van der Waals surface area (Å²) in [6.07, 6.45) is 2.98. The van der Waals surface area contributed by atoms with Gasteiger partial charge in [-0.15, -0.1) is 0 Å². The Kier molecular flexibility index (Phi) is 5.62. The van der Waals surface area contributed by atoms with E-state index in [1.54, 1.807) is 48.5 Å². The minimum Gasteiger partial charge on any atom is -0.351 e. The van der Waals surface area contributed by atoms with Gasteiger partial charge in [0.25, 0.3) is 0 Å². The van der Waals surface area contributed by atoms with Crippen molar-refractivity contribution in [2.24, 2.45) is 5.73 Å². The van der Waals surface area contributed by atoms with Gasteiger partial charge in [-0.1, -0.05) is 35.3 Å². The summed E-state index contributed by atoms with van der Waals surface area (Å²) in [4.78, 5) is 22.7. The van der Waals surface area contributed by atoms with E-state index in [1.165, 1.54) is 6.08 Å². The SMILES string of the molecule is NC(=O)Nc1cccc(NC(=O)/C=C/c2ccc(Cl)c(Cl)c2)c1. The Hall–Kier alpha value is -2.50. The Morgan fingerprint density at radius 1 is 0.957 bits per heavy atom. The topological polar surface area (TPSA) is 84.2 Å². The predicted molar refractivity (Wildman–Crippen MR) is 93.8 cm³/mol. The van der Waals surface area contributed by atoms with Crippen molar-refractivity contribution >= 4 is 52.6 Å². The zero-order valence-corrected chi connectivity index (χ0v) is 13.4. The number of rotatable bonds is 4. The number of nitrogens with one attached hydrogen (secondary N) is 2. The van der Waals surface area contributed by atoms with Crippen molar-refractivity contribution in [2.45, 2.75) is 0 Å². The van der Waals surface area contributed by atoms with E-state index in [0.29, 0.717) is 21.4 Å². The zero-order chi connectivity index (χ0) is 16.8. The molecule has 5 nitrogen and oxygen atoms in total. The van der Waals surface area contributed by atoms with Crippen molar-refractivity contribution in [2.75, 3.05) is 10.6 Å². The van der Waals surface area contributed by atoms with Crippen LogP contribution in [-0.2, 0) is 4.79 Å². The van der Waals surface area contributed by atoms with Crippen molar-refractivity contribution < 1.29 is 9.59 Å². The lowest BCUT2D eigenvalue weighted by Crippen LogP contribution is -2.19. The van der Waals surface area contributed by atoms with Gasteiger partial charge in [0.1, 0.15) is 0 Å². The maximum atomic E-state index is 11.9. The highest BCUT2D eigenvalue weighted by molar-refractivity contribution is 6.42. The normalized spacial score (nSPS) is 10.5. The summed E-state index contributed by atoms with van der Waals surface area (Å²) in [5, 5.41) is 5.97. The molecule has 0 aromatic heterocycles. The number of carbonyl (C=O) groups excluding carboxylic acids is 2. The van der Waals surface area contributed by atoms with E-state index in [1.807, 2.05) is 0 Å². The highest BCUT2D eigenvalue weighted by Gasteiger charge is 2.02. The van der Waals surface area contributed by atoms with Crippen LogP contribution in [-0.4, -0.2) is 11.9 Å². The molecule has 0 spiro atoms. The summed E-state index contributed by atoms with van der Waals surface area (Å²) in [7, 11) is 0. The number of carbonyl (C=O) groups is 2. The minimum atomic E-state index is -0.673. The van der Waals surface area contributed by atoms with Crippen LogP contribution >= 0.6 is 23.2 Å². The van der Waals surface area contributed by atoms with Crippen LogP contribution in [0.15, 0.2) is 48.5 Å². The number of urea groups is 1. The van der Waals surface area contributed by atoms with Crippen molar-refractivity contribution in [1.82, 2.24) is 0 Å². The van der Waals surface area contributed by atoms with Gasteiger partial charge >= 0.3 is 6.03 Å². The van der Waals surface area contributed by atoms with E-state index in [0.717, 1.165) is 5.56 Å². The molecule has 2 aromatic carbocycles. The van der Waals surface area contributed by atoms with Crippen LogP contribution in [0.2, 0.25) is 10.0 Å². The molecule has 0 heterocycles. The number of halogens is 2. The quantitative estimate of drug-likeness (QED) is 0.724. The number of amides is 3. The van der Waals surface area contributed by atoms with Gasteiger partial charge in [-0.2, -0.15) is 0 Å². The molecular formula is C16H13Cl2N3O2. The van der Waals surface area contributed by atoms with Gasteiger partial charge < -0.3 is 16.4 Å². The summed E-state index contributed by atoms with van der Waals surface area (Å²) >= 11 is 11.7. The fourth-order valence-corrected chi connectivity index (χ4v) is 2.10. The maximum absolute atomic E-state index is 11.9. The van der Waals surface area contributed by atoms with Gasteiger partial charge in [-0.25, -0.2) is 4.79 Å². The second-order valence-electron chi connectivity index (χ2n) is 4.57. The molecule has 0 aliphatic carbocycles. The molecule has 0 saturated carbocycles. The summed E-state index contributed by atoms with van der Waals surface area (Å²) in [6, 6.07) is 11.0. The molecule has 0 saturated heterocycles. The van der Waals surface area contributed by atoms with Crippen molar-refractivity contribution in [3.05, 3.63) is 64.1 Å². The second kappa shape index (κ2) is 7.67. The standard InChI is InChI=1S/C16H13Cl2N3O2/c17-13-6-4-10(8-14(13)18)5-7-15(22)20-11-2-1-3-12(9-11)21-16(19)23/h1-9H,(H,20,22)(H3,19,21,23)/b7-5+. The average molecular weight is 350 g/mol. The Morgan fingerprint density at radius 3 is 2.30 bits per heavy atom. The molecule has 0 atom stereocenters. The Morgan fingerprint density at radius 2 is 1.65 bits per heavy atom. The van der Waals surface area contributed by atoms with E-state index in [9.17, 15) is 9.59 Å². The van der Waals surface area contributed by atoms with Crippen LogP contribution in [0, 0.1) is 0 Å². The summed E-state index contributed by atoms with van der Waals surface area (Å²) in [6.45, 7) is 0. The lowest BCUT2D eigenvalue weighted by atomic mass is 10.2. The van der Waals surface area contributed by atoms with Gasteiger partial charge in [0.2, 0.25) is 5.91 Å². The molecule has 7 heteroatoms. The molecule has 0 aliphatic heterocycles. The number of anilines is 2. The summed E-state index contributed by atoms with van der Waals surface area (Å²) in [5.41, 5.74) is 6.81. The fraction of sp³-hybridized carbons (Fsp3) is 0. The molecule has 0 radical (unpaired) electrons. The molecule has 3 amide bonds. The van der Waals surface area contributed by atoms with Crippen LogP contribution in [0.3, 0.4) is 0 Å². The molecule has 2 rings (SSSR count). The van der Waals surface area contributed by atoms with E-state index in [2.05, 4.69) is 10.6 Å². The minimum absolute atomic E-state index is 0.327. The highest BCUT2D eigenvalue weighted by atomic mass is 35.5. The van der Waals surface area contributed by atoms with Crippen LogP contribution in [0.5, 0.6) is 0 Å². The Balaban J connectivity index is 2.02. The molecule has 4 N–H and O–H groups in total. The monoisotopic (exact) mass is 349 g/mol. The highest BCUT2D eigenvalue weighted by Crippen LogP contribution is 2.23. The van der Waals surface area contributed by atoms with Gasteiger partial charge in [-0.3, -0.25) is 4.79 Å².